The largest absolute Gasteiger partial charge is 0.481 e. The normalized spacial score (nSPS) is 11.6. The minimum Gasteiger partial charge on any atom is -0.481 e. The maximum atomic E-state index is 12.5. The lowest BCUT2D eigenvalue weighted by Gasteiger charge is -2.16. The third-order valence-corrected chi connectivity index (χ3v) is 4.90. The van der Waals surface area contributed by atoms with Crippen LogP contribution in [0.1, 0.15) is 12.5 Å². The van der Waals surface area contributed by atoms with Gasteiger partial charge in [0, 0.05) is 9.79 Å². The first kappa shape index (κ1) is 18.1. The number of anilines is 1. The van der Waals surface area contributed by atoms with Crippen LogP contribution >= 0.6 is 11.8 Å². The van der Waals surface area contributed by atoms with E-state index in [2.05, 4.69) is 5.32 Å². The van der Waals surface area contributed by atoms with Gasteiger partial charge in [-0.1, -0.05) is 59.8 Å². The zero-order valence-electron chi connectivity index (χ0n) is 14.8. The molecule has 3 rings (SSSR count). The van der Waals surface area contributed by atoms with Gasteiger partial charge in [0.2, 0.25) is 0 Å². The Morgan fingerprint density at radius 1 is 0.923 bits per heavy atom. The molecule has 0 saturated carbocycles. The van der Waals surface area contributed by atoms with E-state index in [-0.39, 0.29) is 5.91 Å². The maximum Gasteiger partial charge on any atom is 0.265 e. The van der Waals surface area contributed by atoms with Crippen LogP contribution in [0.2, 0.25) is 0 Å². The topological polar surface area (TPSA) is 38.3 Å². The molecule has 26 heavy (non-hydrogen) atoms. The summed E-state index contributed by atoms with van der Waals surface area (Å²) in [6.45, 7) is 3.77. The predicted molar refractivity (Wildman–Crippen MR) is 107 cm³/mol. The van der Waals surface area contributed by atoms with Crippen molar-refractivity contribution in [3.05, 3.63) is 84.4 Å². The van der Waals surface area contributed by atoms with Gasteiger partial charge < -0.3 is 10.1 Å². The lowest BCUT2D eigenvalue weighted by Crippen LogP contribution is -2.30. The number of aryl methyl sites for hydroxylation is 1. The second-order valence-corrected chi connectivity index (χ2v) is 7.09. The number of para-hydroxylation sites is 1. The molecule has 1 atom stereocenters. The summed E-state index contributed by atoms with van der Waals surface area (Å²) < 4.78 is 5.74. The van der Waals surface area contributed by atoms with Gasteiger partial charge in [-0.3, -0.25) is 4.79 Å². The lowest BCUT2D eigenvalue weighted by atomic mass is 10.2. The van der Waals surface area contributed by atoms with E-state index in [1.165, 1.54) is 0 Å². The third kappa shape index (κ3) is 4.90. The molecule has 0 bridgehead atoms. The third-order valence-electron chi connectivity index (χ3n) is 3.82. The Kier molecular flexibility index (Phi) is 5.97. The van der Waals surface area contributed by atoms with Gasteiger partial charge in [-0.2, -0.15) is 0 Å². The molecule has 0 unspecified atom stereocenters. The van der Waals surface area contributed by atoms with Gasteiger partial charge in [0.1, 0.15) is 5.75 Å². The zero-order chi connectivity index (χ0) is 18.4. The van der Waals surface area contributed by atoms with Crippen molar-refractivity contribution in [2.24, 2.45) is 0 Å². The van der Waals surface area contributed by atoms with Crippen molar-refractivity contribution in [2.45, 2.75) is 29.7 Å². The fraction of sp³-hybridized carbons (Fsp3) is 0.136. The molecule has 0 aliphatic rings. The van der Waals surface area contributed by atoms with E-state index < -0.39 is 6.10 Å². The van der Waals surface area contributed by atoms with Crippen molar-refractivity contribution >= 4 is 23.4 Å². The fourth-order valence-corrected chi connectivity index (χ4v) is 3.31. The van der Waals surface area contributed by atoms with Crippen molar-refractivity contribution in [1.29, 1.82) is 0 Å². The van der Waals surface area contributed by atoms with Crippen LogP contribution in [0.3, 0.4) is 0 Å². The number of nitrogens with one attached hydrogen (secondary N) is 1. The molecule has 3 nitrogen and oxygen atoms in total. The second kappa shape index (κ2) is 8.59. The molecular weight excluding hydrogens is 342 g/mol. The number of carbonyl (C=O) groups is 1. The molecule has 0 spiro atoms. The molecule has 0 fully saturated rings. The van der Waals surface area contributed by atoms with Gasteiger partial charge in [-0.15, -0.1) is 0 Å². The van der Waals surface area contributed by atoms with E-state index in [0.29, 0.717) is 5.75 Å². The van der Waals surface area contributed by atoms with Gasteiger partial charge >= 0.3 is 0 Å². The Hall–Kier alpha value is -2.72. The first-order valence-corrected chi connectivity index (χ1v) is 9.29. The molecule has 0 aliphatic carbocycles. The van der Waals surface area contributed by atoms with E-state index in [4.69, 9.17) is 4.74 Å². The number of rotatable bonds is 6. The lowest BCUT2D eigenvalue weighted by molar-refractivity contribution is -0.122. The summed E-state index contributed by atoms with van der Waals surface area (Å²) >= 11 is 1.62. The van der Waals surface area contributed by atoms with E-state index in [1.54, 1.807) is 18.7 Å². The average molecular weight is 363 g/mol. The Balaban J connectivity index is 1.68. The molecule has 0 saturated heterocycles. The SMILES string of the molecule is Cc1ccc(O[C@H](C)C(=O)Nc2ccccc2Sc2ccccc2)cc1. The monoisotopic (exact) mass is 363 g/mol. The van der Waals surface area contributed by atoms with Crippen molar-refractivity contribution in [3.63, 3.8) is 0 Å². The summed E-state index contributed by atoms with van der Waals surface area (Å²) in [5.41, 5.74) is 1.94. The maximum absolute atomic E-state index is 12.5. The van der Waals surface area contributed by atoms with E-state index in [9.17, 15) is 4.79 Å². The van der Waals surface area contributed by atoms with Gasteiger partial charge in [0.05, 0.1) is 5.69 Å². The quantitative estimate of drug-likeness (QED) is 0.624. The molecule has 0 aliphatic heterocycles. The highest BCUT2D eigenvalue weighted by Gasteiger charge is 2.16. The highest BCUT2D eigenvalue weighted by atomic mass is 32.2. The summed E-state index contributed by atoms with van der Waals surface area (Å²) in [5.74, 6) is 0.511. The predicted octanol–water partition coefficient (Wildman–Crippen LogP) is 5.55. The summed E-state index contributed by atoms with van der Waals surface area (Å²) in [7, 11) is 0. The molecule has 0 aromatic heterocycles. The second-order valence-electron chi connectivity index (χ2n) is 5.97. The Morgan fingerprint density at radius 3 is 2.31 bits per heavy atom. The van der Waals surface area contributed by atoms with Crippen LogP contribution in [0.4, 0.5) is 5.69 Å². The molecule has 3 aromatic carbocycles. The molecule has 4 heteroatoms. The van der Waals surface area contributed by atoms with Crippen LogP contribution in [-0.4, -0.2) is 12.0 Å². The molecule has 132 valence electrons. The fourth-order valence-electron chi connectivity index (χ4n) is 2.38. The number of hydrogen-bond acceptors (Lipinski definition) is 3. The Bertz CT molecular complexity index is 863. The van der Waals surface area contributed by atoms with E-state index in [0.717, 1.165) is 21.0 Å². The highest BCUT2D eigenvalue weighted by Crippen LogP contribution is 2.33. The van der Waals surface area contributed by atoms with Crippen LogP contribution in [0.15, 0.2) is 88.7 Å². The standard InChI is InChI=1S/C22H21NO2S/c1-16-12-14-18(15-13-16)25-17(2)22(24)23-20-10-6-7-11-21(20)26-19-8-4-3-5-9-19/h3-15,17H,1-2H3,(H,23,24)/t17-/m1/s1. The van der Waals surface area contributed by atoms with Crippen LogP contribution < -0.4 is 10.1 Å². The number of carbonyl (C=O) groups excluding carboxylic acids is 1. The zero-order valence-corrected chi connectivity index (χ0v) is 15.6. The summed E-state index contributed by atoms with van der Waals surface area (Å²) in [6.07, 6.45) is -0.590. The number of benzene rings is 3. The number of hydrogen-bond donors (Lipinski definition) is 1. The molecule has 0 heterocycles. The van der Waals surface area contributed by atoms with E-state index >= 15 is 0 Å². The molecule has 0 radical (unpaired) electrons. The van der Waals surface area contributed by atoms with Crippen LogP contribution in [0.25, 0.3) is 0 Å². The van der Waals surface area contributed by atoms with Crippen LogP contribution in [0, 0.1) is 6.92 Å². The van der Waals surface area contributed by atoms with Gasteiger partial charge in [0.25, 0.3) is 5.91 Å². The summed E-state index contributed by atoms with van der Waals surface area (Å²) in [6, 6.07) is 25.5. The van der Waals surface area contributed by atoms with Gasteiger partial charge in [-0.05, 0) is 50.2 Å². The molecule has 1 amide bonds. The Morgan fingerprint density at radius 2 is 1.58 bits per heavy atom. The smallest absolute Gasteiger partial charge is 0.265 e. The number of ether oxygens (including phenoxy) is 1. The van der Waals surface area contributed by atoms with Crippen molar-refractivity contribution in [3.8, 4) is 5.75 Å². The molecule has 1 N–H and O–H groups in total. The molecule has 3 aromatic rings. The minimum absolute atomic E-state index is 0.174. The minimum atomic E-state index is -0.590. The van der Waals surface area contributed by atoms with Gasteiger partial charge in [0.15, 0.2) is 6.10 Å². The Labute approximate surface area is 158 Å². The van der Waals surface area contributed by atoms with Crippen molar-refractivity contribution in [1.82, 2.24) is 0 Å². The first-order valence-electron chi connectivity index (χ1n) is 8.48. The summed E-state index contributed by atoms with van der Waals surface area (Å²) in [4.78, 5) is 14.7. The number of amides is 1. The summed E-state index contributed by atoms with van der Waals surface area (Å²) in [5, 5.41) is 2.98. The average Bonchev–Trinajstić information content (AvgIpc) is 2.66. The van der Waals surface area contributed by atoms with Crippen LogP contribution in [0.5, 0.6) is 5.75 Å². The van der Waals surface area contributed by atoms with E-state index in [1.807, 2.05) is 85.8 Å². The van der Waals surface area contributed by atoms with Gasteiger partial charge in [-0.25, -0.2) is 0 Å². The van der Waals surface area contributed by atoms with Crippen LogP contribution in [-0.2, 0) is 4.79 Å². The van der Waals surface area contributed by atoms with Crippen molar-refractivity contribution < 1.29 is 9.53 Å². The van der Waals surface area contributed by atoms with Crippen molar-refractivity contribution in [2.75, 3.05) is 5.32 Å². The highest BCUT2D eigenvalue weighted by molar-refractivity contribution is 7.99. The first-order chi connectivity index (χ1) is 12.6. The molecular formula is C22H21NO2S.